The van der Waals surface area contributed by atoms with E-state index in [1.165, 1.54) is 12.0 Å². The Kier molecular flexibility index (Phi) is 6.06. The molecule has 0 saturated heterocycles. The van der Waals surface area contributed by atoms with Crippen LogP contribution in [0.3, 0.4) is 0 Å². The second-order valence-corrected chi connectivity index (χ2v) is 5.85. The molecule has 0 aromatic heterocycles. The van der Waals surface area contributed by atoms with Crippen molar-refractivity contribution in [1.29, 1.82) is 0 Å². The van der Waals surface area contributed by atoms with E-state index in [0.717, 1.165) is 11.1 Å². The van der Waals surface area contributed by atoms with Crippen molar-refractivity contribution in [2.24, 2.45) is 0 Å². The molecule has 1 unspecified atom stereocenters. The average molecular weight is 339 g/mol. The van der Waals surface area contributed by atoms with Gasteiger partial charge in [0.05, 0.1) is 12.7 Å². The Hall–Kier alpha value is -2.95. The lowest BCUT2D eigenvalue weighted by atomic mass is 10.0. The lowest BCUT2D eigenvalue weighted by molar-refractivity contribution is -0.145. The standard InChI is InChI=1S/C20H21NO4/c1-14-7-6-8-15(11-14)12-18(20(24)25-3)21(2)19(23)17-10-5-4-9-16(17)13-22/h4-11,13,18H,12H2,1-3H3. The second-order valence-electron chi connectivity index (χ2n) is 5.85. The van der Waals surface area contributed by atoms with E-state index < -0.39 is 17.9 Å². The summed E-state index contributed by atoms with van der Waals surface area (Å²) in [6.07, 6.45) is 0.967. The van der Waals surface area contributed by atoms with Crippen molar-refractivity contribution in [3.8, 4) is 0 Å². The number of hydrogen-bond acceptors (Lipinski definition) is 4. The number of nitrogens with zero attached hydrogens (tertiary/aromatic N) is 1. The molecule has 0 fully saturated rings. The van der Waals surface area contributed by atoms with Crippen molar-refractivity contribution < 1.29 is 19.1 Å². The number of carbonyl (C=O) groups is 3. The van der Waals surface area contributed by atoms with Gasteiger partial charge in [-0.25, -0.2) is 4.79 Å². The highest BCUT2D eigenvalue weighted by Crippen LogP contribution is 2.16. The number of likely N-dealkylation sites (N-methyl/N-ethyl adjacent to an activating group) is 1. The van der Waals surface area contributed by atoms with Crippen molar-refractivity contribution >= 4 is 18.2 Å². The average Bonchev–Trinajstić information content (AvgIpc) is 2.64. The van der Waals surface area contributed by atoms with Crippen LogP contribution in [0.2, 0.25) is 0 Å². The predicted molar refractivity (Wildman–Crippen MR) is 94.6 cm³/mol. The summed E-state index contributed by atoms with van der Waals surface area (Å²) in [5.41, 5.74) is 2.55. The van der Waals surface area contributed by atoms with E-state index in [2.05, 4.69) is 0 Å². The number of amides is 1. The number of aldehydes is 1. The first-order valence-electron chi connectivity index (χ1n) is 7.92. The van der Waals surface area contributed by atoms with E-state index in [1.54, 1.807) is 31.3 Å². The van der Waals surface area contributed by atoms with Gasteiger partial charge in [-0.3, -0.25) is 9.59 Å². The van der Waals surface area contributed by atoms with Crippen LogP contribution in [0.5, 0.6) is 0 Å². The van der Waals surface area contributed by atoms with E-state index in [0.29, 0.717) is 18.3 Å². The minimum atomic E-state index is -0.779. The molecular weight excluding hydrogens is 318 g/mol. The molecule has 130 valence electrons. The maximum Gasteiger partial charge on any atom is 0.328 e. The van der Waals surface area contributed by atoms with Crippen LogP contribution in [0, 0.1) is 6.92 Å². The molecule has 0 aliphatic carbocycles. The van der Waals surface area contributed by atoms with E-state index in [4.69, 9.17) is 4.74 Å². The number of carbonyl (C=O) groups excluding carboxylic acids is 3. The van der Waals surface area contributed by atoms with Gasteiger partial charge in [0.15, 0.2) is 6.29 Å². The van der Waals surface area contributed by atoms with Crippen LogP contribution in [-0.2, 0) is 16.0 Å². The Balaban J connectivity index is 2.32. The van der Waals surface area contributed by atoms with E-state index in [1.807, 2.05) is 31.2 Å². The topological polar surface area (TPSA) is 63.7 Å². The van der Waals surface area contributed by atoms with Crippen LogP contribution in [0.4, 0.5) is 0 Å². The number of methoxy groups -OCH3 is 1. The maximum atomic E-state index is 12.8. The molecule has 2 aromatic carbocycles. The minimum Gasteiger partial charge on any atom is -0.467 e. The number of hydrogen-bond donors (Lipinski definition) is 0. The Morgan fingerprint density at radius 1 is 1.16 bits per heavy atom. The van der Waals surface area contributed by atoms with Gasteiger partial charge in [0.2, 0.25) is 0 Å². The van der Waals surface area contributed by atoms with Gasteiger partial charge in [0, 0.05) is 19.0 Å². The zero-order valence-corrected chi connectivity index (χ0v) is 14.6. The quantitative estimate of drug-likeness (QED) is 0.599. The van der Waals surface area contributed by atoms with Crippen molar-refractivity contribution in [1.82, 2.24) is 4.90 Å². The summed E-state index contributed by atoms with van der Waals surface area (Å²) in [5.74, 6) is -0.897. The monoisotopic (exact) mass is 339 g/mol. The smallest absolute Gasteiger partial charge is 0.328 e. The third-order valence-electron chi connectivity index (χ3n) is 4.09. The van der Waals surface area contributed by atoms with Gasteiger partial charge in [-0.05, 0) is 18.6 Å². The largest absolute Gasteiger partial charge is 0.467 e. The SMILES string of the molecule is COC(=O)C(Cc1cccc(C)c1)N(C)C(=O)c1ccccc1C=O. The molecule has 25 heavy (non-hydrogen) atoms. The highest BCUT2D eigenvalue weighted by atomic mass is 16.5. The molecule has 0 spiro atoms. The number of benzene rings is 2. The third kappa shape index (κ3) is 4.32. The Morgan fingerprint density at radius 3 is 2.52 bits per heavy atom. The van der Waals surface area contributed by atoms with E-state index in [9.17, 15) is 14.4 Å². The van der Waals surface area contributed by atoms with E-state index in [-0.39, 0.29) is 5.56 Å². The molecule has 5 heteroatoms. The Morgan fingerprint density at radius 2 is 1.88 bits per heavy atom. The molecule has 2 rings (SSSR count). The summed E-state index contributed by atoms with van der Waals surface area (Å²) in [6, 6.07) is 13.5. The van der Waals surface area contributed by atoms with Crippen LogP contribution in [-0.4, -0.2) is 43.3 Å². The van der Waals surface area contributed by atoms with Crippen molar-refractivity contribution in [3.05, 3.63) is 70.8 Å². The number of ether oxygens (including phenoxy) is 1. The molecule has 0 N–H and O–H groups in total. The first-order chi connectivity index (χ1) is 12.0. The summed E-state index contributed by atoms with van der Waals surface area (Å²) in [4.78, 5) is 37.6. The fraction of sp³-hybridized carbons (Fsp3) is 0.250. The zero-order valence-electron chi connectivity index (χ0n) is 14.6. The molecule has 0 radical (unpaired) electrons. The van der Waals surface area contributed by atoms with Gasteiger partial charge in [-0.15, -0.1) is 0 Å². The molecule has 2 aromatic rings. The lowest BCUT2D eigenvalue weighted by Crippen LogP contribution is -2.44. The molecule has 5 nitrogen and oxygen atoms in total. The van der Waals surface area contributed by atoms with Gasteiger partial charge in [-0.1, -0.05) is 48.0 Å². The Labute approximate surface area is 147 Å². The maximum absolute atomic E-state index is 12.8. The first-order valence-corrected chi connectivity index (χ1v) is 7.92. The van der Waals surface area contributed by atoms with Crippen LogP contribution in [0.1, 0.15) is 31.8 Å². The molecule has 1 amide bonds. The molecule has 0 saturated carbocycles. The predicted octanol–water partition coefficient (Wildman–Crippen LogP) is 2.66. The second kappa shape index (κ2) is 8.24. The van der Waals surface area contributed by atoms with E-state index >= 15 is 0 Å². The number of aryl methyl sites for hydroxylation is 1. The van der Waals surface area contributed by atoms with Gasteiger partial charge in [-0.2, -0.15) is 0 Å². The molecular formula is C20H21NO4. The summed E-state index contributed by atoms with van der Waals surface area (Å²) in [6.45, 7) is 1.96. The molecule has 0 bridgehead atoms. The molecule has 1 atom stereocenters. The fourth-order valence-electron chi connectivity index (χ4n) is 2.70. The van der Waals surface area contributed by atoms with Crippen LogP contribution in [0.25, 0.3) is 0 Å². The lowest BCUT2D eigenvalue weighted by Gasteiger charge is -2.26. The van der Waals surface area contributed by atoms with Gasteiger partial charge in [0.1, 0.15) is 6.04 Å². The van der Waals surface area contributed by atoms with Crippen LogP contribution in [0.15, 0.2) is 48.5 Å². The summed E-state index contributed by atoms with van der Waals surface area (Å²) < 4.78 is 4.88. The number of esters is 1. The van der Waals surface area contributed by atoms with Crippen molar-refractivity contribution in [2.75, 3.05) is 14.2 Å². The summed E-state index contributed by atoms with van der Waals surface area (Å²) in [7, 11) is 2.84. The van der Waals surface area contributed by atoms with Crippen molar-refractivity contribution in [2.45, 2.75) is 19.4 Å². The highest BCUT2D eigenvalue weighted by Gasteiger charge is 2.29. The van der Waals surface area contributed by atoms with Gasteiger partial charge >= 0.3 is 5.97 Å². The normalized spacial score (nSPS) is 11.5. The minimum absolute atomic E-state index is 0.262. The number of rotatable bonds is 6. The zero-order chi connectivity index (χ0) is 18.4. The fourth-order valence-corrected chi connectivity index (χ4v) is 2.70. The summed E-state index contributed by atoms with van der Waals surface area (Å²) in [5, 5.41) is 0. The Bertz CT molecular complexity index is 785. The first kappa shape index (κ1) is 18.4. The highest BCUT2D eigenvalue weighted by molar-refractivity contribution is 6.02. The van der Waals surface area contributed by atoms with Gasteiger partial charge < -0.3 is 9.64 Å². The summed E-state index contributed by atoms with van der Waals surface area (Å²) >= 11 is 0. The van der Waals surface area contributed by atoms with Crippen LogP contribution >= 0.6 is 0 Å². The molecule has 0 aliphatic rings. The molecule has 0 heterocycles. The molecule has 0 aliphatic heterocycles. The third-order valence-corrected chi connectivity index (χ3v) is 4.09. The van der Waals surface area contributed by atoms with Crippen LogP contribution < -0.4 is 0 Å². The van der Waals surface area contributed by atoms with Gasteiger partial charge in [0.25, 0.3) is 5.91 Å². The van der Waals surface area contributed by atoms with Crippen molar-refractivity contribution in [3.63, 3.8) is 0 Å².